The second kappa shape index (κ2) is 3.09. The molecule has 2 bridgehead atoms. The van der Waals surface area contributed by atoms with Crippen LogP contribution in [0.15, 0.2) is 12.2 Å². The van der Waals surface area contributed by atoms with E-state index in [-0.39, 0.29) is 11.3 Å². The Labute approximate surface area is 83.4 Å². The topological polar surface area (TPSA) is 57.5 Å². The number of carboxylic acid groups (broad SMARTS) is 1. The quantitative estimate of drug-likeness (QED) is 0.671. The first kappa shape index (κ1) is 9.71. The van der Waals surface area contributed by atoms with Crippen LogP contribution in [-0.2, 0) is 4.79 Å². The van der Waals surface area contributed by atoms with Crippen LogP contribution in [0.5, 0.6) is 0 Å². The first-order valence-corrected chi connectivity index (χ1v) is 5.14. The maximum atomic E-state index is 11.1. The lowest BCUT2D eigenvalue weighted by atomic mass is 9.74. The van der Waals surface area contributed by atoms with E-state index in [1.165, 1.54) is 0 Å². The van der Waals surface area contributed by atoms with E-state index in [9.17, 15) is 9.90 Å². The van der Waals surface area contributed by atoms with Gasteiger partial charge < -0.3 is 10.2 Å². The number of aliphatic carboxylic acids is 1. The highest BCUT2D eigenvalue weighted by atomic mass is 16.4. The highest BCUT2D eigenvalue weighted by molar-refractivity contribution is 5.72. The molecule has 78 valence electrons. The number of allylic oxidation sites excluding steroid dienone is 2. The summed E-state index contributed by atoms with van der Waals surface area (Å²) in [5, 5.41) is 18.5. The van der Waals surface area contributed by atoms with Gasteiger partial charge in [0.1, 0.15) is 0 Å². The van der Waals surface area contributed by atoms with Gasteiger partial charge in [0.2, 0.25) is 0 Å². The molecule has 3 heteroatoms. The zero-order chi connectivity index (χ0) is 10.3. The summed E-state index contributed by atoms with van der Waals surface area (Å²) < 4.78 is 0. The van der Waals surface area contributed by atoms with E-state index < -0.39 is 12.1 Å². The number of carbonyl (C=O) groups is 1. The molecule has 2 aliphatic carbocycles. The molecule has 14 heavy (non-hydrogen) atoms. The zero-order valence-corrected chi connectivity index (χ0v) is 8.31. The van der Waals surface area contributed by atoms with Crippen molar-refractivity contribution in [2.24, 2.45) is 17.3 Å². The van der Waals surface area contributed by atoms with Crippen LogP contribution in [0.3, 0.4) is 0 Å². The minimum Gasteiger partial charge on any atom is -0.481 e. The average molecular weight is 196 g/mol. The molecule has 0 saturated heterocycles. The molecule has 4 atom stereocenters. The molecule has 1 fully saturated rings. The summed E-state index contributed by atoms with van der Waals surface area (Å²) in [6, 6.07) is 0. The number of hydrogen-bond acceptors (Lipinski definition) is 2. The van der Waals surface area contributed by atoms with Crippen LogP contribution in [0.4, 0.5) is 0 Å². The third-order valence-corrected chi connectivity index (χ3v) is 3.55. The molecule has 0 radical (unpaired) electrons. The highest BCUT2D eigenvalue weighted by Gasteiger charge is 2.52. The van der Waals surface area contributed by atoms with Crippen LogP contribution in [0.25, 0.3) is 0 Å². The Bertz CT molecular complexity index is 282. The lowest BCUT2D eigenvalue weighted by molar-refractivity contribution is -0.145. The van der Waals surface area contributed by atoms with Gasteiger partial charge in [-0.3, -0.25) is 4.79 Å². The molecule has 3 nitrogen and oxygen atoms in total. The Balaban J connectivity index is 2.22. The minimum absolute atomic E-state index is 0.259. The van der Waals surface area contributed by atoms with Crippen molar-refractivity contribution in [3.63, 3.8) is 0 Å². The minimum atomic E-state index is -0.711. The molecule has 0 amide bonds. The van der Waals surface area contributed by atoms with Crippen molar-refractivity contribution < 1.29 is 15.0 Å². The standard InChI is InChI=1S/C11H16O3/c1-7(12)5-11-3-2-8(6-11)4-9(11)10(13)14/h2-3,7-9,12H,4-6H2,1H3,(H,13,14). The van der Waals surface area contributed by atoms with E-state index in [0.717, 1.165) is 12.8 Å². The van der Waals surface area contributed by atoms with E-state index >= 15 is 0 Å². The van der Waals surface area contributed by atoms with Gasteiger partial charge in [-0.05, 0) is 32.1 Å². The van der Waals surface area contributed by atoms with Crippen molar-refractivity contribution in [1.82, 2.24) is 0 Å². The van der Waals surface area contributed by atoms with Crippen molar-refractivity contribution in [2.75, 3.05) is 0 Å². The summed E-state index contributed by atoms with van der Waals surface area (Å²) in [5.41, 5.74) is -0.259. The zero-order valence-electron chi connectivity index (χ0n) is 8.31. The van der Waals surface area contributed by atoms with Crippen molar-refractivity contribution >= 4 is 5.97 Å². The maximum absolute atomic E-state index is 11.1. The Morgan fingerprint density at radius 1 is 1.71 bits per heavy atom. The van der Waals surface area contributed by atoms with Crippen molar-refractivity contribution in [3.05, 3.63) is 12.2 Å². The van der Waals surface area contributed by atoms with Gasteiger partial charge in [0, 0.05) is 5.41 Å². The molecule has 0 spiro atoms. The molecule has 0 heterocycles. The molecule has 0 aromatic rings. The molecule has 0 aromatic carbocycles. The summed E-state index contributed by atoms with van der Waals surface area (Å²) >= 11 is 0. The Hall–Kier alpha value is -0.830. The average Bonchev–Trinajstić information content (AvgIpc) is 2.58. The summed E-state index contributed by atoms with van der Waals surface area (Å²) in [7, 11) is 0. The maximum Gasteiger partial charge on any atom is 0.307 e. The van der Waals surface area contributed by atoms with Crippen LogP contribution < -0.4 is 0 Å². The number of rotatable bonds is 3. The van der Waals surface area contributed by atoms with Crippen LogP contribution in [0.2, 0.25) is 0 Å². The van der Waals surface area contributed by atoms with E-state index in [1.54, 1.807) is 6.92 Å². The normalized spacial score (nSPS) is 41.6. The van der Waals surface area contributed by atoms with Gasteiger partial charge in [-0.2, -0.15) is 0 Å². The number of hydrogen-bond donors (Lipinski definition) is 2. The molecule has 2 rings (SSSR count). The molecular weight excluding hydrogens is 180 g/mol. The fourth-order valence-corrected chi connectivity index (χ4v) is 3.10. The van der Waals surface area contributed by atoms with Gasteiger partial charge >= 0.3 is 5.97 Å². The third kappa shape index (κ3) is 1.36. The number of carboxylic acids is 1. The van der Waals surface area contributed by atoms with Crippen LogP contribution in [-0.4, -0.2) is 22.3 Å². The van der Waals surface area contributed by atoms with Crippen LogP contribution in [0.1, 0.15) is 26.2 Å². The Morgan fingerprint density at radius 3 is 2.93 bits per heavy atom. The van der Waals surface area contributed by atoms with Gasteiger partial charge in [-0.15, -0.1) is 0 Å². The summed E-state index contributed by atoms with van der Waals surface area (Å²) in [4.78, 5) is 11.1. The van der Waals surface area contributed by atoms with E-state index in [4.69, 9.17) is 5.11 Å². The fraction of sp³-hybridized carbons (Fsp3) is 0.727. The van der Waals surface area contributed by atoms with Crippen molar-refractivity contribution in [1.29, 1.82) is 0 Å². The van der Waals surface area contributed by atoms with Crippen LogP contribution >= 0.6 is 0 Å². The number of fused-ring (bicyclic) bond motifs is 2. The number of aliphatic hydroxyl groups is 1. The van der Waals surface area contributed by atoms with Gasteiger partial charge in [0.05, 0.1) is 12.0 Å². The summed E-state index contributed by atoms with van der Waals surface area (Å²) in [6.07, 6.45) is 5.96. The van der Waals surface area contributed by atoms with E-state index in [2.05, 4.69) is 6.08 Å². The molecular formula is C11H16O3. The lowest BCUT2D eigenvalue weighted by Crippen LogP contribution is -2.32. The van der Waals surface area contributed by atoms with Gasteiger partial charge in [-0.25, -0.2) is 0 Å². The second-order valence-corrected chi connectivity index (χ2v) is 4.74. The number of aliphatic hydroxyl groups excluding tert-OH is 1. The molecule has 4 unspecified atom stereocenters. The van der Waals surface area contributed by atoms with Gasteiger partial charge in [0.25, 0.3) is 0 Å². The lowest BCUT2D eigenvalue weighted by Gasteiger charge is -2.30. The van der Waals surface area contributed by atoms with Crippen molar-refractivity contribution in [3.8, 4) is 0 Å². The summed E-state index contributed by atoms with van der Waals surface area (Å²) in [6.45, 7) is 1.73. The SMILES string of the molecule is CC(O)CC12C=CC(CC1C(=O)O)C2. The van der Waals surface area contributed by atoms with Crippen LogP contribution in [0, 0.1) is 17.3 Å². The Kier molecular flexibility index (Phi) is 2.14. The molecule has 1 saturated carbocycles. The fourth-order valence-electron chi connectivity index (χ4n) is 3.10. The second-order valence-electron chi connectivity index (χ2n) is 4.74. The smallest absolute Gasteiger partial charge is 0.307 e. The summed E-state index contributed by atoms with van der Waals surface area (Å²) in [5.74, 6) is -0.570. The van der Waals surface area contributed by atoms with E-state index in [1.807, 2.05) is 6.08 Å². The molecule has 0 aromatic heterocycles. The Morgan fingerprint density at radius 2 is 2.43 bits per heavy atom. The van der Waals surface area contributed by atoms with E-state index in [0.29, 0.717) is 12.3 Å². The molecule has 0 aliphatic heterocycles. The monoisotopic (exact) mass is 196 g/mol. The predicted molar refractivity (Wildman–Crippen MR) is 51.7 cm³/mol. The third-order valence-electron chi connectivity index (χ3n) is 3.55. The first-order valence-electron chi connectivity index (χ1n) is 5.14. The van der Waals surface area contributed by atoms with Crippen molar-refractivity contribution in [2.45, 2.75) is 32.3 Å². The largest absolute Gasteiger partial charge is 0.481 e. The van der Waals surface area contributed by atoms with Gasteiger partial charge in [-0.1, -0.05) is 12.2 Å². The molecule has 2 aliphatic rings. The first-order chi connectivity index (χ1) is 6.53. The highest BCUT2D eigenvalue weighted by Crippen LogP contribution is 2.55. The molecule has 2 N–H and O–H groups in total. The predicted octanol–water partition coefficient (Wildman–Crippen LogP) is 1.42. The van der Waals surface area contributed by atoms with Gasteiger partial charge in [0.15, 0.2) is 0 Å².